The van der Waals surface area contributed by atoms with Crippen LogP contribution in [-0.2, 0) is 11.2 Å². The standard InChI is InChI=1S/C15H26N4O5/c1-8(5-18(2)3)4-9-6-19(15(23)17-13(9)16)14-12(22)11(21)10(7-20)24-14/h6,8,10-12,14,20-22H,4-5,7H2,1-3H3,(H2,16,17,23)/t8?,10-,11-,12-,14-/m1/s1. The van der Waals surface area contributed by atoms with E-state index in [9.17, 15) is 15.0 Å². The molecular weight excluding hydrogens is 316 g/mol. The number of ether oxygens (including phenoxy) is 1. The first-order valence-electron chi connectivity index (χ1n) is 7.89. The lowest BCUT2D eigenvalue weighted by Gasteiger charge is -2.21. The van der Waals surface area contributed by atoms with Crippen LogP contribution in [-0.4, -0.2) is 75.3 Å². The highest BCUT2D eigenvalue weighted by Gasteiger charge is 2.43. The van der Waals surface area contributed by atoms with Crippen LogP contribution in [0.1, 0.15) is 18.7 Å². The second-order valence-electron chi connectivity index (χ2n) is 6.64. The normalized spacial score (nSPS) is 28.5. The van der Waals surface area contributed by atoms with Crippen molar-refractivity contribution >= 4 is 5.82 Å². The number of aromatic nitrogens is 2. The maximum Gasteiger partial charge on any atom is 0.351 e. The van der Waals surface area contributed by atoms with Crippen LogP contribution >= 0.6 is 0 Å². The fourth-order valence-electron chi connectivity index (χ4n) is 3.03. The Labute approximate surface area is 140 Å². The lowest BCUT2D eigenvalue weighted by molar-refractivity contribution is -0.0550. The molecule has 0 aromatic carbocycles. The first kappa shape index (κ1) is 18.8. The zero-order valence-electron chi connectivity index (χ0n) is 14.2. The molecule has 24 heavy (non-hydrogen) atoms. The Morgan fingerprint density at radius 1 is 1.42 bits per heavy atom. The number of nitrogen functional groups attached to an aromatic ring is 1. The number of hydrogen-bond donors (Lipinski definition) is 4. The molecule has 1 aromatic heterocycles. The van der Waals surface area contributed by atoms with Crippen molar-refractivity contribution in [3.8, 4) is 0 Å². The van der Waals surface area contributed by atoms with Gasteiger partial charge in [0.25, 0.3) is 0 Å². The fourth-order valence-corrected chi connectivity index (χ4v) is 3.03. The van der Waals surface area contributed by atoms with Crippen molar-refractivity contribution in [2.45, 2.75) is 37.9 Å². The molecule has 0 amide bonds. The van der Waals surface area contributed by atoms with Crippen LogP contribution in [0.15, 0.2) is 11.0 Å². The number of rotatable bonds is 6. The molecule has 0 aliphatic carbocycles. The van der Waals surface area contributed by atoms with E-state index in [1.54, 1.807) is 0 Å². The van der Waals surface area contributed by atoms with E-state index < -0.39 is 36.8 Å². The molecule has 2 rings (SSSR count). The van der Waals surface area contributed by atoms with E-state index in [1.165, 1.54) is 6.20 Å². The first-order chi connectivity index (χ1) is 11.2. The summed E-state index contributed by atoms with van der Waals surface area (Å²) >= 11 is 0. The molecule has 2 heterocycles. The van der Waals surface area contributed by atoms with E-state index in [0.717, 1.165) is 11.1 Å². The summed E-state index contributed by atoms with van der Waals surface area (Å²) in [6.07, 6.45) is -2.56. The Balaban J connectivity index is 2.28. The Hall–Kier alpha value is -1.52. The molecule has 136 valence electrons. The molecule has 9 nitrogen and oxygen atoms in total. The molecule has 5 N–H and O–H groups in total. The quantitative estimate of drug-likeness (QED) is 0.475. The molecule has 1 unspecified atom stereocenters. The molecule has 1 aliphatic heterocycles. The minimum absolute atomic E-state index is 0.147. The average Bonchev–Trinajstić information content (AvgIpc) is 2.77. The van der Waals surface area contributed by atoms with Crippen molar-refractivity contribution in [1.82, 2.24) is 14.5 Å². The van der Waals surface area contributed by atoms with Gasteiger partial charge in [-0.15, -0.1) is 0 Å². The van der Waals surface area contributed by atoms with Gasteiger partial charge in [0.1, 0.15) is 24.1 Å². The van der Waals surface area contributed by atoms with E-state index in [4.69, 9.17) is 15.6 Å². The summed E-state index contributed by atoms with van der Waals surface area (Å²) in [7, 11) is 3.94. The molecule has 0 bridgehead atoms. The summed E-state index contributed by atoms with van der Waals surface area (Å²) in [6.45, 7) is 2.44. The highest BCUT2D eigenvalue weighted by molar-refractivity contribution is 5.37. The number of aliphatic hydroxyl groups is 3. The number of aliphatic hydroxyl groups excluding tert-OH is 3. The second-order valence-corrected chi connectivity index (χ2v) is 6.64. The zero-order chi connectivity index (χ0) is 18.0. The summed E-state index contributed by atoms with van der Waals surface area (Å²) < 4.78 is 6.51. The van der Waals surface area contributed by atoms with Gasteiger partial charge in [0.15, 0.2) is 6.23 Å². The summed E-state index contributed by atoms with van der Waals surface area (Å²) in [5, 5.41) is 29.1. The van der Waals surface area contributed by atoms with E-state index >= 15 is 0 Å². The van der Waals surface area contributed by atoms with E-state index in [0.29, 0.717) is 12.0 Å². The molecule has 0 spiro atoms. The largest absolute Gasteiger partial charge is 0.394 e. The highest BCUT2D eigenvalue weighted by Crippen LogP contribution is 2.28. The summed E-state index contributed by atoms with van der Waals surface area (Å²) in [5.74, 6) is 0.425. The first-order valence-corrected chi connectivity index (χ1v) is 7.89. The third kappa shape index (κ3) is 3.93. The van der Waals surface area contributed by atoms with Crippen molar-refractivity contribution in [1.29, 1.82) is 0 Å². The maximum atomic E-state index is 12.1. The lowest BCUT2D eigenvalue weighted by Crippen LogP contribution is -2.36. The second kappa shape index (κ2) is 7.58. The van der Waals surface area contributed by atoms with Crippen LogP contribution in [0.3, 0.4) is 0 Å². The van der Waals surface area contributed by atoms with Crippen LogP contribution in [0.5, 0.6) is 0 Å². The molecule has 1 fully saturated rings. The van der Waals surface area contributed by atoms with Crippen molar-refractivity contribution in [3.05, 3.63) is 22.2 Å². The van der Waals surface area contributed by atoms with Crippen molar-refractivity contribution in [2.75, 3.05) is 33.0 Å². The molecule has 9 heteroatoms. The van der Waals surface area contributed by atoms with Crippen LogP contribution in [0.2, 0.25) is 0 Å². The monoisotopic (exact) mass is 342 g/mol. The third-order valence-electron chi connectivity index (χ3n) is 4.10. The van der Waals surface area contributed by atoms with E-state index in [-0.39, 0.29) is 11.7 Å². The van der Waals surface area contributed by atoms with E-state index in [2.05, 4.69) is 16.8 Å². The van der Waals surface area contributed by atoms with Gasteiger partial charge in [-0.3, -0.25) is 4.57 Å². The van der Waals surface area contributed by atoms with Gasteiger partial charge in [0.2, 0.25) is 0 Å². The Kier molecular flexibility index (Phi) is 5.94. The lowest BCUT2D eigenvalue weighted by atomic mass is 10.0. The minimum Gasteiger partial charge on any atom is -0.394 e. The van der Waals surface area contributed by atoms with Gasteiger partial charge in [0, 0.05) is 18.3 Å². The molecule has 5 atom stereocenters. The Bertz CT molecular complexity index is 620. The van der Waals surface area contributed by atoms with Crippen molar-refractivity contribution < 1.29 is 20.1 Å². The van der Waals surface area contributed by atoms with Crippen molar-refractivity contribution in [2.24, 2.45) is 5.92 Å². The summed E-state index contributed by atoms with van der Waals surface area (Å²) in [4.78, 5) is 18.0. The molecule has 1 aliphatic rings. The smallest absolute Gasteiger partial charge is 0.351 e. The number of nitrogens with two attached hydrogens (primary N) is 1. The van der Waals surface area contributed by atoms with Crippen LogP contribution in [0.4, 0.5) is 5.82 Å². The van der Waals surface area contributed by atoms with Gasteiger partial charge in [-0.1, -0.05) is 6.92 Å². The van der Waals surface area contributed by atoms with Crippen LogP contribution in [0.25, 0.3) is 0 Å². The van der Waals surface area contributed by atoms with Gasteiger partial charge in [0.05, 0.1) is 6.61 Å². The average molecular weight is 342 g/mol. The number of hydrogen-bond acceptors (Lipinski definition) is 8. The molecule has 1 aromatic rings. The molecule has 0 radical (unpaired) electrons. The predicted molar refractivity (Wildman–Crippen MR) is 87.3 cm³/mol. The number of nitrogens with zero attached hydrogens (tertiary/aromatic N) is 3. The number of anilines is 1. The predicted octanol–water partition coefficient (Wildman–Crippen LogP) is -1.82. The van der Waals surface area contributed by atoms with Crippen molar-refractivity contribution in [3.63, 3.8) is 0 Å². The maximum absolute atomic E-state index is 12.1. The molecule has 0 saturated carbocycles. The van der Waals surface area contributed by atoms with E-state index in [1.807, 2.05) is 14.1 Å². The third-order valence-corrected chi connectivity index (χ3v) is 4.10. The summed E-state index contributed by atoms with van der Waals surface area (Å²) in [6, 6.07) is 0. The van der Waals surface area contributed by atoms with Gasteiger partial charge < -0.3 is 30.7 Å². The fraction of sp³-hybridized carbons (Fsp3) is 0.733. The van der Waals surface area contributed by atoms with Gasteiger partial charge in [-0.25, -0.2) is 4.79 Å². The van der Waals surface area contributed by atoms with Crippen LogP contribution < -0.4 is 11.4 Å². The summed E-state index contributed by atoms with van der Waals surface area (Å²) in [5.41, 5.74) is 5.85. The Morgan fingerprint density at radius 2 is 2.08 bits per heavy atom. The van der Waals surface area contributed by atoms with Gasteiger partial charge in [-0.05, 0) is 26.4 Å². The van der Waals surface area contributed by atoms with Gasteiger partial charge in [-0.2, -0.15) is 4.98 Å². The SMILES string of the molecule is CC(Cc1cn([C@@H]2O[C@H](CO)[C@@H](O)[C@H]2O)c(=O)nc1N)CN(C)C. The molecule has 1 saturated heterocycles. The topological polar surface area (TPSA) is 134 Å². The zero-order valence-corrected chi connectivity index (χ0v) is 14.2. The highest BCUT2D eigenvalue weighted by atomic mass is 16.6. The minimum atomic E-state index is -1.34. The molecular formula is C15H26N4O5. The van der Waals surface area contributed by atoms with Crippen LogP contribution in [0, 0.1) is 5.92 Å². The Morgan fingerprint density at radius 3 is 2.62 bits per heavy atom. The van der Waals surface area contributed by atoms with Gasteiger partial charge >= 0.3 is 5.69 Å².